The fourth-order valence-corrected chi connectivity index (χ4v) is 3.49. The number of non-ortho nitro benzene ring substituents is 1. The number of fused-ring (bicyclic) bond motifs is 1. The number of thioether (sulfide) groups is 1. The second kappa shape index (κ2) is 8.40. The van der Waals surface area contributed by atoms with Crippen LogP contribution in [-0.2, 0) is 4.79 Å². The zero-order valence-corrected chi connectivity index (χ0v) is 17.0. The van der Waals surface area contributed by atoms with Crippen LogP contribution in [0.3, 0.4) is 0 Å². The van der Waals surface area contributed by atoms with Crippen LogP contribution in [-0.4, -0.2) is 36.3 Å². The minimum atomic E-state index is -0.496. The molecule has 0 spiro atoms. The number of hydrogen-bond acceptors (Lipinski definition) is 7. The quantitative estimate of drug-likeness (QED) is 0.205. The van der Waals surface area contributed by atoms with Crippen LogP contribution >= 0.6 is 11.8 Å². The van der Waals surface area contributed by atoms with E-state index >= 15 is 0 Å². The van der Waals surface area contributed by atoms with Crippen LogP contribution in [0.5, 0.6) is 0 Å². The highest BCUT2D eigenvalue weighted by Crippen LogP contribution is 2.20. The van der Waals surface area contributed by atoms with Gasteiger partial charge in [-0.1, -0.05) is 29.5 Å². The van der Waals surface area contributed by atoms with E-state index in [9.17, 15) is 19.7 Å². The van der Waals surface area contributed by atoms with Crippen LogP contribution < -0.4 is 10.9 Å². The second-order valence-electron chi connectivity index (χ2n) is 6.64. The summed E-state index contributed by atoms with van der Waals surface area (Å²) in [7, 11) is 0. The lowest BCUT2D eigenvalue weighted by Crippen LogP contribution is -2.15. The lowest BCUT2D eigenvalue weighted by atomic mass is 10.2. The van der Waals surface area contributed by atoms with Crippen molar-refractivity contribution in [2.24, 2.45) is 0 Å². The maximum absolute atomic E-state index is 12.4. The number of carbonyl (C=O) groups is 1. The predicted octanol–water partition coefficient (Wildman–Crippen LogP) is 3.06. The van der Waals surface area contributed by atoms with Crippen molar-refractivity contribution in [3.63, 3.8) is 0 Å². The van der Waals surface area contributed by atoms with Gasteiger partial charge in [-0.05, 0) is 31.2 Å². The molecule has 4 aromatic rings. The molecular formula is C20H16N6O4S. The van der Waals surface area contributed by atoms with Gasteiger partial charge in [0.05, 0.1) is 22.6 Å². The van der Waals surface area contributed by atoms with E-state index in [1.807, 2.05) is 31.2 Å². The molecule has 2 aromatic heterocycles. The molecule has 31 heavy (non-hydrogen) atoms. The fraction of sp³-hybridized carbons (Fsp3) is 0.100. The van der Waals surface area contributed by atoms with E-state index < -0.39 is 4.92 Å². The summed E-state index contributed by atoms with van der Waals surface area (Å²) in [5.41, 5.74) is 2.14. The van der Waals surface area contributed by atoms with Crippen LogP contribution in [0.25, 0.3) is 16.7 Å². The third kappa shape index (κ3) is 4.46. The van der Waals surface area contributed by atoms with Crippen LogP contribution in [0.15, 0.2) is 64.7 Å². The number of rotatable bonds is 6. The first kappa shape index (κ1) is 20.3. The first-order chi connectivity index (χ1) is 14.9. The van der Waals surface area contributed by atoms with E-state index in [0.717, 1.165) is 17.3 Å². The number of nitrogens with zero attached hydrogens (tertiary/aromatic N) is 4. The van der Waals surface area contributed by atoms with Crippen molar-refractivity contribution in [1.29, 1.82) is 0 Å². The summed E-state index contributed by atoms with van der Waals surface area (Å²) in [4.78, 5) is 42.0. The van der Waals surface area contributed by atoms with E-state index in [2.05, 4.69) is 20.4 Å². The summed E-state index contributed by atoms with van der Waals surface area (Å²) in [6, 6.07) is 13.2. The van der Waals surface area contributed by atoms with Crippen molar-refractivity contribution in [2.75, 3.05) is 11.1 Å². The van der Waals surface area contributed by atoms with Gasteiger partial charge in [0.1, 0.15) is 5.39 Å². The molecule has 2 N–H and O–H groups in total. The third-order valence-corrected chi connectivity index (χ3v) is 5.27. The molecule has 0 atom stereocenters. The number of anilines is 1. The Balaban J connectivity index is 1.54. The average Bonchev–Trinajstić information content (AvgIpc) is 3.18. The minimum Gasteiger partial charge on any atom is -0.325 e. The Morgan fingerprint density at radius 3 is 2.58 bits per heavy atom. The highest BCUT2D eigenvalue weighted by molar-refractivity contribution is 7.99. The molecule has 0 radical (unpaired) electrons. The van der Waals surface area contributed by atoms with Gasteiger partial charge in [0.25, 0.3) is 11.2 Å². The molecule has 11 heteroatoms. The first-order valence-corrected chi connectivity index (χ1v) is 10.1. The van der Waals surface area contributed by atoms with Crippen molar-refractivity contribution >= 4 is 40.1 Å². The minimum absolute atomic E-state index is 0.0496. The van der Waals surface area contributed by atoms with Crippen molar-refractivity contribution < 1.29 is 9.72 Å². The Bertz CT molecular complexity index is 1330. The number of H-pyrrole nitrogens is 1. The number of carbonyl (C=O) groups excluding carboxylic acids is 1. The second-order valence-corrected chi connectivity index (χ2v) is 7.61. The number of hydrogen-bond donors (Lipinski definition) is 2. The van der Waals surface area contributed by atoms with Gasteiger partial charge in [-0.3, -0.25) is 19.7 Å². The topological polar surface area (TPSA) is 136 Å². The molecule has 1 amide bonds. The van der Waals surface area contributed by atoms with Crippen LogP contribution in [0.4, 0.5) is 11.4 Å². The average molecular weight is 436 g/mol. The van der Waals surface area contributed by atoms with Crippen molar-refractivity contribution in [1.82, 2.24) is 19.7 Å². The smallest absolute Gasteiger partial charge is 0.269 e. The number of aryl methyl sites for hydroxylation is 1. The Labute approximate surface area is 179 Å². The summed E-state index contributed by atoms with van der Waals surface area (Å²) in [5, 5.41) is 18.3. The van der Waals surface area contributed by atoms with Crippen LogP contribution in [0, 0.1) is 17.0 Å². The SMILES string of the molecule is Cc1ccc(NC(=O)CSc2nc3c(cnn3-c3ccc([N+](=O)[O-])cc3)c(=O)[nH]2)cc1. The maximum atomic E-state index is 12.4. The summed E-state index contributed by atoms with van der Waals surface area (Å²) in [6.45, 7) is 1.96. The molecule has 0 aliphatic carbocycles. The Morgan fingerprint density at radius 1 is 1.19 bits per heavy atom. The zero-order chi connectivity index (χ0) is 22.0. The maximum Gasteiger partial charge on any atom is 0.269 e. The molecule has 0 aliphatic heterocycles. The number of benzene rings is 2. The molecule has 0 saturated carbocycles. The Hall–Kier alpha value is -3.99. The summed E-state index contributed by atoms with van der Waals surface area (Å²) in [5.74, 6) is -0.186. The van der Waals surface area contributed by atoms with Crippen LogP contribution in [0.1, 0.15) is 5.56 Å². The Kier molecular flexibility index (Phi) is 5.50. The first-order valence-electron chi connectivity index (χ1n) is 9.13. The Morgan fingerprint density at radius 2 is 1.90 bits per heavy atom. The van der Waals surface area contributed by atoms with E-state index in [0.29, 0.717) is 17.0 Å². The molecule has 0 unspecified atom stereocenters. The number of aromatic nitrogens is 4. The van der Waals surface area contributed by atoms with Gasteiger partial charge in [-0.2, -0.15) is 5.10 Å². The molecular weight excluding hydrogens is 420 g/mol. The van der Waals surface area contributed by atoms with Gasteiger partial charge in [-0.25, -0.2) is 9.67 Å². The zero-order valence-electron chi connectivity index (χ0n) is 16.2. The molecule has 2 heterocycles. The molecule has 2 aromatic carbocycles. The molecule has 0 aliphatic rings. The van der Waals surface area contributed by atoms with Crippen molar-refractivity contribution in [3.8, 4) is 5.69 Å². The van der Waals surface area contributed by atoms with E-state index in [1.165, 1.54) is 35.1 Å². The van der Waals surface area contributed by atoms with Crippen LogP contribution in [0.2, 0.25) is 0 Å². The predicted molar refractivity (Wildman–Crippen MR) is 117 cm³/mol. The molecule has 4 rings (SSSR count). The number of nitro benzene ring substituents is 1. The normalized spacial score (nSPS) is 10.9. The number of amides is 1. The molecule has 10 nitrogen and oxygen atoms in total. The standard InChI is InChI=1S/C20H16N6O4S/c1-12-2-4-13(5-3-12)22-17(27)11-31-20-23-18-16(19(28)24-20)10-21-25(18)14-6-8-15(9-7-14)26(29)30/h2-10H,11H2,1H3,(H,22,27)(H,23,24,28). The third-order valence-electron chi connectivity index (χ3n) is 4.40. The van der Waals surface area contributed by atoms with E-state index in [4.69, 9.17) is 0 Å². The van der Waals surface area contributed by atoms with Gasteiger partial charge in [-0.15, -0.1) is 0 Å². The highest BCUT2D eigenvalue weighted by Gasteiger charge is 2.14. The number of aromatic amines is 1. The van der Waals surface area contributed by atoms with E-state index in [1.54, 1.807) is 0 Å². The molecule has 0 fully saturated rings. The van der Waals surface area contributed by atoms with Gasteiger partial charge >= 0.3 is 0 Å². The molecule has 0 saturated heterocycles. The molecule has 156 valence electrons. The van der Waals surface area contributed by atoms with Gasteiger partial charge < -0.3 is 10.3 Å². The van der Waals surface area contributed by atoms with Gasteiger partial charge in [0, 0.05) is 17.8 Å². The van der Waals surface area contributed by atoms with Crippen molar-refractivity contribution in [3.05, 3.63) is 80.8 Å². The van der Waals surface area contributed by atoms with Crippen molar-refractivity contribution in [2.45, 2.75) is 12.1 Å². The summed E-state index contributed by atoms with van der Waals surface area (Å²) >= 11 is 1.08. The number of nitrogens with one attached hydrogen (secondary N) is 2. The van der Waals surface area contributed by atoms with E-state index in [-0.39, 0.29) is 33.4 Å². The number of nitro groups is 1. The summed E-state index contributed by atoms with van der Waals surface area (Å²) < 4.78 is 1.42. The lowest BCUT2D eigenvalue weighted by Gasteiger charge is -2.06. The highest BCUT2D eigenvalue weighted by atomic mass is 32.2. The lowest BCUT2D eigenvalue weighted by molar-refractivity contribution is -0.384. The molecule has 0 bridgehead atoms. The fourth-order valence-electron chi connectivity index (χ4n) is 2.84. The van der Waals surface area contributed by atoms with Gasteiger partial charge in [0.15, 0.2) is 10.8 Å². The van der Waals surface area contributed by atoms with Gasteiger partial charge in [0.2, 0.25) is 5.91 Å². The largest absolute Gasteiger partial charge is 0.325 e. The summed E-state index contributed by atoms with van der Waals surface area (Å²) in [6.07, 6.45) is 1.38. The monoisotopic (exact) mass is 436 g/mol.